The Balaban J connectivity index is 1.16. The maximum absolute atomic E-state index is 3.72. The maximum atomic E-state index is 3.72. The van der Waals surface area contributed by atoms with Crippen LogP contribution in [0.25, 0.3) is 6.08 Å². The molecule has 0 spiro atoms. The second-order valence-electron chi connectivity index (χ2n) is 10.9. The normalized spacial score (nSPS) is 19.0. The topological polar surface area (TPSA) is 18.5 Å². The van der Waals surface area contributed by atoms with Crippen molar-refractivity contribution in [2.45, 2.75) is 50.6 Å². The molecule has 2 heterocycles. The third-order valence-electron chi connectivity index (χ3n) is 8.40. The Morgan fingerprint density at radius 2 is 1.49 bits per heavy atom. The molecule has 194 valence electrons. The van der Waals surface area contributed by atoms with Gasteiger partial charge in [0.2, 0.25) is 0 Å². The first-order valence-corrected chi connectivity index (χ1v) is 14.3. The molecule has 1 unspecified atom stereocenters. The number of hydrogen-bond acceptors (Lipinski definition) is 3. The summed E-state index contributed by atoms with van der Waals surface area (Å²) < 4.78 is 0. The Hall–Kier alpha value is -2.72. The molecule has 3 heteroatoms. The van der Waals surface area contributed by atoms with E-state index in [1.807, 2.05) is 0 Å². The summed E-state index contributed by atoms with van der Waals surface area (Å²) in [6.07, 6.45) is 8.76. The summed E-state index contributed by atoms with van der Waals surface area (Å²) in [5, 5.41) is 3.72. The van der Waals surface area contributed by atoms with Gasteiger partial charge >= 0.3 is 0 Å². The van der Waals surface area contributed by atoms with Gasteiger partial charge in [0.15, 0.2) is 0 Å². The van der Waals surface area contributed by atoms with Gasteiger partial charge < -0.3 is 15.1 Å². The number of benzene rings is 3. The minimum absolute atomic E-state index is 0.420. The van der Waals surface area contributed by atoms with Crippen LogP contribution in [-0.2, 0) is 6.54 Å². The van der Waals surface area contributed by atoms with Crippen molar-refractivity contribution in [2.24, 2.45) is 0 Å². The molecular formula is C34H43N3. The molecule has 0 amide bonds. The summed E-state index contributed by atoms with van der Waals surface area (Å²) in [7, 11) is 2.27. The Bertz CT molecular complexity index is 1070. The van der Waals surface area contributed by atoms with E-state index in [1.54, 1.807) is 5.57 Å². The third kappa shape index (κ3) is 7.19. The van der Waals surface area contributed by atoms with Crippen molar-refractivity contribution in [1.82, 2.24) is 15.1 Å². The summed E-state index contributed by atoms with van der Waals surface area (Å²) in [6, 6.07) is 31.7. The molecule has 1 atom stereocenters. The van der Waals surface area contributed by atoms with E-state index in [4.69, 9.17) is 0 Å². The molecule has 2 fully saturated rings. The Morgan fingerprint density at radius 1 is 0.838 bits per heavy atom. The average molecular weight is 494 g/mol. The van der Waals surface area contributed by atoms with E-state index < -0.39 is 0 Å². The van der Waals surface area contributed by atoms with Crippen LogP contribution in [0.1, 0.15) is 60.3 Å². The van der Waals surface area contributed by atoms with Gasteiger partial charge in [0.05, 0.1) is 0 Å². The molecule has 0 aliphatic carbocycles. The lowest BCUT2D eigenvalue weighted by atomic mass is 9.90. The van der Waals surface area contributed by atoms with Crippen molar-refractivity contribution >= 4 is 6.08 Å². The number of nitrogens with one attached hydrogen (secondary N) is 1. The standard InChI is InChI=1S/C34H43N3/c1-36-22-10-17-33(36)18-21-35-26-32-16-9-8-15-31(32)25-28-19-23-37(24-20-28)27-34(29-11-4-2-5-12-29)30-13-6-3-7-14-30/h2-9,11-16,25,33-35H,10,17-24,26-27H2,1H3. The highest BCUT2D eigenvalue weighted by atomic mass is 15.1. The molecule has 0 aromatic heterocycles. The molecule has 1 N–H and O–H groups in total. The number of rotatable bonds is 10. The van der Waals surface area contributed by atoms with Gasteiger partial charge in [0, 0.05) is 38.1 Å². The highest BCUT2D eigenvalue weighted by molar-refractivity contribution is 5.57. The van der Waals surface area contributed by atoms with Crippen molar-refractivity contribution in [3.63, 3.8) is 0 Å². The molecule has 2 aliphatic heterocycles. The Labute approximate surface area is 224 Å². The first kappa shape index (κ1) is 25.9. The molecule has 37 heavy (non-hydrogen) atoms. The lowest BCUT2D eigenvalue weighted by molar-refractivity contribution is 0.249. The summed E-state index contributed by atoms with van der Waals surface area (Å²) in [4.78, 5) is 5.18. The fourth-order valence-electron chi connectivity index (χ4n) is 6.09. The number of likely N-dealkylation sites (tertiary alicyclic amines) is 2. The van der Waals surface area contributed by atoms with Crippen molar-refractivity contribution in [3.8, 4) is 0 Å². The zero-order chi connectivity index (χ0) is 25.3. The van der Waals surface area contributed by atoms with Crippen LogP contribution in [0.2, 0.25) is 0 Å². The smallest absolute Gasteiger partial charge is 0.0217 e. The van der Waals surface area contributed by atoms with Crippen LogP contribution in [-0.4, -0.2) is 55.6 Å². The average Bonchev–Trinajstić information content (AvgIpc) is 3.37. The van der Waals surface area contributed by atoms with Gasteiger partial charge in [0.25, 0.3) is 0 Å². The van der Waals surface area contributed by atoms with Crippen LogP contribution in [0, 0.1) is 0 Å². The van der Waals surface area contributed by atoms with E-state index >= 15 is 0 Å². The Morgan fingerprint density at radius 3 is 2.14 bits per heavy atom. The molecule has 5 rings (SSSR count). The van der Waals surface area contributed by atoms with Crippen molar-refractivity contribution < 1.29 is 0 Å². The highest BCUT2D eigenvalue weighted by Crippen LogP contribution is 2.28. The first-order valence-electron chi connectivity index (χ1n) is 14.3. The van der Waals surface area contributed by atoms with Gasteiger partial charge in [-0.05, 0) is 74.5 Å². The van der Waals surface area contributed by atoms with E-state index in [0.29, 0.717) is 5.92 Å². The quantitative estimate of drug-likeness (QED) is 0.322. The predicted molar refractivity (Wildman–Crippen MR) is 157 cm³/mol. The Kier molecular flexibility index (Phi) is 9.23. The van der Waals surface area contributed by atoms with Crippen LogP contribution in [0.4, 0.5) is 0 Å². The molecule has 2 saturated heterocycles. The number of piperidine rings is 1. The summed E-state index contributed by atoms with van der Waals surface area (Å²) in [6.45, 7) is 6.67. The van der Waals surface area contributed by atoms with E-state index in [-0.39, 0.29) is 0 Å². The molecule has 0 radical (unpaired) electrons. The maximum Gasteiger partial charge on any atom is 0.0217 e. The van der Waals surface area contributed by atoms with Crippen molar-refractivity contribution in [3.05, 3.63) is 113 Å². The lowest BCUT2D eigenvalue weighted by Crippen LogP contribution is -2.34. The summed E-state index contributed by atoms with van der Waals surface area (Å²) >= 11 is 0. The molecular weight excluding hydrogens is 450 g/mol. The van der Waals surface area contributed by atoms with Crippen LogP contribution in [0.3, 0.4) is 0 Å². The lowest BCUT2D eigenvalue weighted by Gasteiger charge is -2.32. The number of nitrogens with zero attached hydrogens (tertiary/aromatic N) is 2. The van der Waals surface area contributed by atoms with Crippen LogP contribution < -0.4 is 5.32 Å². The SMILES string of the molecule is CN1CCCC1CCNCc1ccccc1C=C1CCN(CC(c2ccccc2)c2ccccc2)CC1. The fraction of sp³-hybridized carbons (Fsp3) is 0.412. The first-order chi connectivity index (χ1) is 18.3. The molecule has 0 saturated carbocycles. The van der Waals surface area contributed by atoms with Crippen molar-refractivity contribution in [1.29, 1.82) is 0 Å². The van der Waals surface area contributed by atoms with E-state index in [9.17, 15) is 0 Å². The molecule has 3 aromatic carbocycles. The van der Waals surface area contributed by atoms with Gasteiger partial charge in [0.1, 0.15) is 0 Å². The zero-order valence-corrected chi connectivity index (χ0v) is 22.5. The van der Waals surface area contributed by atoms with E-state index in [0.717, 1.165) is 51.6 Å². The van der Waals surface area contributed by atoms with E-state index in [2.05, 4.69) is 113 Å². The van der Waals surface area contributed by atoms with E-state index in [1.165, 1.54) is 48.1 Å². The van der Waals surface area contributed by atoms with Gasteiger partial charge in [-0.1, -0.05) is 96.6 Å². The fourth-order valence-corrected chi connectivity index (χ4v) is 6.09. The summed E-state index contributed by atoms with van der Waals surface area (Å²) in [5.41, 5.74) is 7.23. The zero-order valence-electron chi connectivity index (χ0n) is 22.5. The second-order valence-corrected chi connectivity index (χ2v) is 10.9. The molecule has 3 aromatic rings. The van der Waals surface area contributed by atoms with Gasteiger partial charge in [-0.25, -0.2) is 0 Å². The van der Waals surface area contributed by atoms with Gasteiger partial charge in [-0.2, -0.15) is 0 Å². The van der Waals surface area contributed by atoms with Crippen LogP contribution in [0.15, 0.2) is 90.5 Å². The van der Waals surface area contributed by atoms with Gasteiger partial charge in [-0.15, -0.1) is 0 Å². The largest absolute Gasteiger partial charge is 0.313 e. The minimum atomic E-state index is 0.420. The third-order valence-corrected chi connectivity index (χ3v) is 8.40. The number of hydrogen-bond donors (Lipinski definition) is 1. The summed E-state index contributed by atoms with van der Waals surface area (Å²) in [5.74, 6) is 0.420. The monoisotopic (exact) mass is 493 g/mol. The molecule has 0 bridgehead atoms. The second kappa shape index (κ2) is 13.2. The molecule has 3 nitrogen and oxygen atoms in total. The molecule has 2 aliphatic rings. The van der Waals surface area contributed by atoms with Gasteiger partial charge in [-0.3, -0.25) is 0 Å². The van der Waals surface area contributed by atoms with Crippen molar-refractivity contribution in [2.75, 3.05) is 39.8 Å². The van der Waals surface area contributed by atoms with Crippen LogP contribution >= 0.6 is 0 Å². The predicted octanol–water partition coefficient (Wildman–Crippen LogP) is 6.57. The van der Waals surface area contributed by atoms with Crippen LogP contribution in [0.5, 0.6) is 0 Å². The highest BCUT2D eigenvalue weighted by Gasteiger charge is 2.22. The minimum Gasteiger partial charge on any atom is -0.313 e.